The molecule has 0 amide bonds. The molecule has 1 aromatic rings. The van der Waals surface area contributed by atoms with Crippen LogP contribution in [0.5, 0.6) is 11.5 Å². The van der Waals surface area contributed by atoms with Gasteiger partial charge in [0.15, 0.2) is 11.5 Å². The fourth-order valence-corrected chi connectivity index (χ4v) is 6.73. The Balaban J connectivity index is 1.57. The van der Waals surface area contributed by atoms with E-state index in [0.717, 1.165) is 50.3 Å². The van der Waals surface area contributed by atoms with Crippen molar-refractivity contribution in [2.45, 2.75) is 68.6 Å². The van der Waals surface area contributed by atoms with Crippen LogP contribution in [0, 0.1) is 11.8 Å². The van der Waals surface area contributed by atoms with Crippen LogP contribution in [0.1, 0.15) is 50.2 Å². The third kappa shape index (κ3) is 1.62. The molecule has 134 valence electrons. The van der Waals surface area contributed by atoms with Crippen LogP contribution in [-0.4, -0.2) is 45.9 Å². The van der Waals surface area contributed by atoms with E-state index in [-0.39, 0.29) is 23.3 Å². The molecule has 4 nitrogen and oxygen atoms in total. The minimum absolute atomic E-state index is 0.000764. The van der Waals surface area contributed by atoms with Crippen molar-refractivity contribution in [2.24, 2.45) is 11.8 Å². The predicted octanol–water partition coefficient (Wildman–Crippen LogP) is 2.59. The van der Waals surface area contributed by atoms with E-state index in [9.17, 15) is 10.2 Å². The van der Waals surface area contributed by atoms with E-state index in [2.05, 4.69) is 17.9 Å². The average molecular weight is 341 g/mol. The molecular formula is C21H27NO3. The maximum absolute atomic E-state index is 12.1. The molecule has 2 aliphatic heterocycles. The Labute approximate surface area is 148 Å². The van der Waals surface area contributed by atoms with Gasteiger partial charge in [-0.25, -0.2) is 0 Å². The Morgan fingerprint density at radius 2 is 2.08 bits per heavy atom. The number of ether oxygens (including phenoxy) is 1. The number of benzene rings is 1. The second-order valence-electron chi connectivity index (χ2n) is 9.31. The first-order valence-electron chi connectivity index (χ1n) is 10.0. The Hall–Kier alpha value is -1.26. The van der Waals surface area contributed by atoms with Gasteiger partial charge in [-0.1, -0.05) is 13.0 Å². The van der Waals surface area contributed by atoms with Crippen molar-refractivity contribution in [1.82, 2.24) is 4.90 Å². The second-order valence-corrected chi connectivity index (χ2v) is 9.31. The zero-order valence-electron chi connectivity index (χ0n) is 14.9. The maximum Gasteiger partial charge on any atom is 0.165 e. The van der Waals surface area contributed by atoms with E-state index in [1.165, 1.54) is 18.4 Å². The van der Waals surface area contributed by atoms with Crippen LogP contribution in [0.4, 0.5) is 0 Å². The molecule has 0 aromatic heterocycles. The van der Waals surface area contributed by atoms with Crippen LogP contribution in [0.15, 0.2) is 12.1 Å². The number of nitrogens with zero attached hydrogens (tertiary/aromatic N) is 1. The summed E-state index contributed by atoms with van der Waals surface area (Å²) in [6, 6.07) is 4.06. The molecular weight excluding hydrogens is 314 g/mol. The highest BCUT2D eigenvalue weighted by Crippen LogP contribution is 2.66. The van der Waals surface area contributed by atoms with Crippen LogP contribution in [-0.2, 0) is 11.8 Å². The van der Waals surface area contributed by atoms with Gasteiger partial charge in [-0.15, -0.1) is 0 Å². The van der Waals surface area contributed by atoms with Crippen LogP contribution in [0.25, 0.3) is 0 Å². The monoisotopic (exact) mass is 341 g/mol. The van der Waals surface area contributed by atoms with E-state index in [0.29, 0.717) is 11.7 Å². The number of phenols is 1. The Kier molecular flexibility index (Phi) is 2.69. The minimum Gasteiger partial charge on any atom is -0.504 e. The van der Waals surface area contributed by atoms with Gasteiger partial charge < -0.3 is 14.9 Å². The lowest BCUT2D eigenvalue weighted by molar-refractivity contribution is -0.196. The number of piperidine rings is 1. The third-order valence-corrected chi connectivity index (χ3v) is 8.06. The Bertz CT molecular complexity index is 760. The highest BCUT2D eigenvalue weighted by atomic mass is 16.5. The van der Waals surface area contributed by atoms with Crippen LogP contribution >= 0.6 is 0 Å². The molecule has 5 aliphatic rings. The van der Waals surface area contributed by atoms with E-state index in [1.807, 2.05) is 0 Å². The zero-order valence-corrected chi connectivity index (χ0v) is 14.9. The van der Waals surface area contributed by atoms with Gasteiger partial charge in [0.25, 0.3) is 0 Å². The average Bonchev–Trinajstić information content (AvgIpc) is 3.32. The molecule has 2 unspecified atom stereocenters. The molecule has 0 radical (unpaired) electrons. The fourth-order valence-electron chi connectivity index (χ4n) is 6.73. The van der Waals surface area contributed by atoms with E-state index < -0.39 is 5.60 Å². The molecule has 3 aliphatic carbocycles. The van der Waals surface area contributed by atoms with E-state index >= 15 is 0 Å². The molecule has 25 heavy (non-hydrogen) atoms. The van der Waals surface area contributed by atoms with Crippen molar-refractivity contribution in [1.29, 1.82) is 0 Å². The molecule has 2 saturated carbocycles. The molecule has 2 N–H and O–H groups in total. The van der Waals surface area contributed by atoms with Gasteiger partial charge in [0.1, 0.15) is 6.10 Å². The second kappa shape index (κ2) is 4.52. The molecule has 3 fully saturated rings. The first kappa shape index (κ1) is 14.9. The predicted molar refractivity (Wildman–Crippen MR) is 94.0 cm³/mol. The summed E-state index contributed by atoms with van der Waals surface area (Å²) < 4.78 is 6.39. The minimum atomic E-state index is -0.719. The molecule has 1 spiro atoms. The summed E-state index contributed by atoms with van der Waals surface area (Å²) in [6.45, 7) is 4.44. The first-order valence-corrected chi connectivity index (χ1v) is 10.0. The Morgan fingerprint density at radius 1 is 1.24 bits per heavy atom. The SMILES string of the molecule is C[C@@H]1CC[C@]2(O)[C@@H]3Cc4ccc(O)c5c4C2(CCN3CC2CC2)C1O5. The van der Waals surface area contributed by atoms with Crippen LogP contribution < -0.4 is 4.74 Å². The van der Waals surface area contributed by atoms with Crippen molar-refractivity contribution in [3.8, 4) is 11.5 Å². The van der Waals surface area contributed by atoms with Gasteiger partial charge in [-0.2, -0.15) is 0 Å². The van der Waals surface area contributed by atoms with Crippen LogP contribution in [0.2, 0.25) is 0 Å². The molecule has 1 aromatic carbocycles. The lowest BCUT2D eigenvalue weighted by Gasteiger charge is -2.64. The summed E-state index contributed by atoms with van der Waals surface area (Å²) in [7, 11) is 0. The number of phenolic OH excluding ortho intramolecular Hbond substituents is 1. The normalized spacial score (nSPS) is 44.3. The number of aromatic hydroxyl groups is 1. The standard InChI is InChI=1S/C21H27NO3/c1-12-6-7-21(24)16-10-14-4-5-15(23)18-17(14)20(21,19(12)25-18)8-9-22(16)11-13-2-3-13/h4-5,12-13,16,19,23-24H,2-3,6-11H2,1H3/t12-,16+,19?,20?,21+/m1/s1. The smallest absolute Gasteiger partial charge is 0.165 e. The van der Waals surface area contributed by atoms with Crippen molar-refractivity contribution >= 4 is 0 Å². The number of hydrogen-bond acceptors (Lipinski definition) is 4. The van der Waals surface area contributed by atoms with Crippen molar-refractivity contribution in [3.63, 3.8) is 0 Å². The quantitative estimate of drug-likeness (QED) is 0.868. The molecule has 5 atom stereocenters. The topological polar surface area (TPSA) is 52.9 Å². The first-order chi connectivity index (χ1) is 12.0. The molecule has 4 heteroatoms. The van der Waals surface area contributed by atoms with E-state index in [1.54, 1.807) is 6.07 Å². The lowest BCUT2D eigenvalue weighted by atomic mass is 9.47. The van der Waals surface area contributed by atoms with Crippen molar-refractivity contribution in [2.75, 3.05) is 13.1 Å². The summed E-state index contributed by atoms with van der Waals surface area (Å²) in [4.78, 5) is 2.59. The molecule has 6 rings (SSSR count). The van der Waals surface area contributed by atoms with Gasteiger partial charge in [0, 0.05) is 18.2 Å². The fraction of sp³-hybridized carbons (Fsp3) is 0.714. The van der Waals surface area contributed by atoms with Gasteiger partial charge in [-0.05, 0) is 68.5 Å². The number of hydrogen-bond donors (Lipinski definition) is 2. The number of aliphatic hydroxyl groups is 1. The summed E-state index contributed by atoms with van der Waals surface area (Å²) in [5.74, 6) is 2.17. The lowest BCUT2D eigenvalue weighted by Crippen LogP contribution is -2.76. The third-order valence-electron chi connectivity index (χ3n) is 8.06. The summed E-state index contributed by atoms with van der Waals surface area (Å²) in [6.07, 6.45) is 6.39. The summed E-state index contributed by atoms with van der Waals surface area (Å²) >= 11 is 0. The van der Waals surface area contributed by atoms with Gasteiger partial charge >= 0.3 is 0 Å². The molecule has 2 bridgehead atoms. The van der Waals surface area contributed by atoms with Crippen molar-refractivity contribution < 1.29 is 14.9 Å². The highest BCUT2D eigenvalue weighted by molar-refractivity contribution is 5.62. The highest BCUT2D eigenvalue weighted by Gasteiger charge is 2.72. The Morgan fingerprint density at radius 3 is 2.88 bits per heavy atom. The van der Waals surface area contributed by atoms with Crippen LogP contribution in [0.3, 0.4) is 0 Å². The van der Waals surface area contributed by atoms with Gasteiger partial charge in [0.05, 0.1) is 11.0 Å². The summed E-state index contributed by atoms with van der Waals surface area (Å²) in [5, 5.41) is 22.6. The number of likely N-dealkylation sites (tertiary alicyclic amines) is 1. The molecule has 1 saturated heterocycles. The molecule has 2 heterocycles. The van der Waals surface area contributed by atoms with Gasteiger partial charge in [-0.3, -0.25) is 4.90 Å². The van der Waals surface area contributed by atoms with Crippen molar-refractivity contribution in [3.05, 3.63) is 23.3 Å². The largest absolute Gasteiger partial charge is 0.504 e. The van der Waals surface area contributed by atoms with E-state index in [4.69, 9.17) is 4.74 Å². The summed E-state index contributed by atoms with van der Waals surface area (Å²) in [5.41, 5.74) is 1.40. The maximum atomic E-state index is 12.1. The number of rotatable bonds is 2. The zero-order chi connectivity index (χ0) is 17.0. The van der Waals surface area contributed by atoms with Gasteiger partial charge in [0.2, 0.25) is 0 Å².